The molecule has 0 amide bonds. The molecule has 0 aromatic rings. The maximum atomic E-state index is 11.9. The maximum absolute atomic E-state index is 11.9. The fourth-order valence-electron chi connectivity index (χ4n) is 5.26. The Morgan fingerprint density at radius 1 is 0.524 bits per heavy atom. The Morgan fingerprint density at radius 2 is 0.976 bits per heavy atom. The first-order valence-corrected chi connectivity index (χ1v) is 17.8. The third kappa shape index (κ3) is 31.1. The predicted molar refractivity (Wildman–Crippen MR) is 188 cm³/mol. The van der Waals surface area contributed by atoms with Crippen LogP contribution in [0.4, 0.5) is 0 Å². The van der Waals surface area contributed by atoms with Crippen LogP contribution < -0.4 is 0 Å². The summed E-state index contributed by atoms with van der Waals surface area (Å²) < 4.78 is 5.39. The highest BCUT2D eigenvalue weighted by atomic mass is 16.5. The molecule has 242 valence electrons. The Morgan fingerprint density at radius 3 is 1.52 bits per heavy atom. The summed E-state index contributed by atoms with van der Waals surface area (Å²) in [6.45, 7) is 14.6. The van der Waals surface area contributed by atoms with Gasteiger partial charge in [0.25, 0.3) is 0 Å². The summed E-state index contributed by atoms with van der Waals surface area (Å²) in [5.41, 5.74) is 0. The zero-order valence-electron chi connectivity index (χ0n) is 28.8. The Balaban J connectivity index is 3.76. The highest BCUT2D eigenvalue weighted by Gasteiger charge is 2.09. The molecule has 2 nitrogen and oxygen atoms in total. The van der Waals surface area contributed by atoms with Crippen LogP contribution in [-0.4, -0.2) is 12.6 Å². The minimum Gasteiger partial charge on any atom is -0.463 e. The van der Waals surface area contributed by atoms with Crippen LogP contribution in [0, 0.1) is 23.7 Å². The van der Waals surface area contributed by atoms with Crippen LogP contribution in [0.2, 0.25) is 0 Å². The van der Waals surface area contributed by atoms with E-state index in [0.717, 1.165) is 24.2 Å². The first kappa shape index (κ1) is 40.2. The van der Waals surface area contributed by atoms with E-state index in [-0.39, 0.29) is 5.97 Å². The van der Waals surface area contributed by atoms with Crippen LogP contribution in [0.15, 0.2) is 60.8 Å². The molecule has 0 spiro atoms. The van der Waals surface area contributed by atoms with E-state index >= 15 is 0 Å². The largest absolute Gasteiger partial charge is 0.463 e. The van der Waals surface area contributed by atoms with Crippen molar-refractivity contribution in [2.24, 2.45) is 23.7 Å². The average Bonchev–Trinajstić information content (AvgIpc) is 2.94. The van der Waals surface area contributed by atoms with Gasteiger partial charge in [0.2, 0.25) is 0 Å². The smallest absolute Gasteiger partial charge is 0.330 e. The molecule has 0 saturated carbocycles. The summed E-state index contributed by atoms with van der Waals surface area (Å²) in [6.07, 6.45) is 43.2. The van der Waals surface area contributed by atoms with Crippen molar-refractivity contribution < 1.29 is 9.53 Å². The molecule has 3 atom stereocenters. The van der Waals surface area contributed by atoms with Crippen molar-refractivity contribution in [3.63, 3.8) is 0 Å². The van der Waals surface area contributed by atoms with Gasteiger partial charge in [0.15, 0.2) is 0 Å². The molecule has 0 aliphatic rings. The van der Waals surface area contributed by atoms with Gasteiger partial charge >= 0.3 is 5.97 Å². The standard InChI is InChI=1S/C40H70O2/c1-7-8-9-10-11-12-13-14-15-16-17-18-19-20-21-22-23-33-40(41)42-35-34-39(6)32-26-31-38(5)30-25-29-37(4)28-24-27-36(2)3/h15-23,33,36-39H,7-14,24-32,34-35H2,1-6H3. The molecular weight excluding hydrogens is 512 g/mol. The Bertz CT molecular complexity index is 739. The van der Waals surface area contributed by atoms with Gasteiger partial charge in [-0.05, 0) is 42.9 Å². The summed E-state index contributed by atoms with van der Waals surface area (Å²) in [4.78, 5) is 11.9. The number of esters is 1. The molecule has 2 heteroatoms. The first-order valence-electron chi connectivity index (χ1n) is 17.8. The molecule has 0 saturated heterocycles. The number of hydrogen-bond donors (Lipinski definition) is 0. The van der Waals surface area contributed by atoms with Gasteiger partial charge in [-0.25, -0.2) is 4.79 Å². The summed E-state index contributed by atoms with van der Waals surface area (Å²) in [5, 5.41) is 0. The van der Waals surface area contributed by atoms with Gasteiger partial charge in [0, 0.05) is 6.08 Å². The number of ether oxygens (including phenoxy) is 1. The molecule has 0 aliphatic heterocycles. The van der Waals surface area contributed by atoms with Crippen molar-refractivity contribution in [2.45, 2.75) is 157 Å². The SMILES string of the molecule is CCCCCCCCCC=CC=CC=CC=CC=CC(=O)OCCC(C)CCCC(C)CCCC(C)CCCC(C)C. The number of carbonyl (C=O) groups excluding carboxylic acids is 1. The first-order chi connectivity index (χ1) is 20.3. The Kier molecular flexibility index (Phi) is 29.3. The summed E-state index contributed by atoms with van der Waals surface area (Å²) in [5.74, 6) is 2.89. The zero-order chi connectivity index (χ0) is 31.1. The summed E-state index contributed by atoms with van der Waals surface area (Å²) in [6, 6.07) is 0. The van der Waals surface area contributed by atoms with E-state index in [1.165, 1.54) is 115 Å². The molecule has 42 heavy (non-hydrogen) atoms. The molecule has 0 fully saturated rings. The number of carbonyl (C=O) groups is 1. The average molecular weight is 583 g/mol. The lowest BCUT2D eigenvalue weighted by molar-refractivity contribution is -0.138. The molecule has 0 heterocycles. The minimum atomic E-state index is -0.256. The highest BCUT2D eigenvalue weighted by Crippen LogP contribution is 2.22. The topological polar surface area (TPSA) is 26.3 Å². The number of rotatable bonds is 28. The van der Waals surface area contributed by atoms with Crippen molar-refractivity contribution in [1.29, 1.82) is 0 Å². The van der Waals surface area contributed by atoms with Crippen LogP contribution in [-0.2, 0) is 9.53 Å². The lowest BCUT2D eigenvalue weighted by Gasteiger charge is -2.16. The fourth-order valence-corrected chi connectivity index (χ4v) is 5.26. The van der Waals surface area contributed by atoms with E-state index in [1.807, 2.05) is 30.4 Å². The minimum absolute atomic E-state index is 0.256. The van der Waals surface area contributed by atoms with E-state index in [4.69, 9.17) is 4.74 Å². The van der Waals surface area contributed by atoms with Crippen molar-refractivity contribution in [2.75, 3.05) is 6.61 Å². The van der Waals surface area contributed by atoms with Crippen molar-refractivity contribution in [3.8, 4) is 0 Å². The van der Waals surface area contributed by atoms with Crippen molar-refractivity contribution in [3.05, 3.63) is 60.8 Å². The molecule has 0 rings (SSSR count). The third-order valence-electron chi connectivity index (χ3n) is 8.24. The van der Waals surface area contributed by atoms with Gasteiger partial charge in [0.1, 0.15) is 0 Å². The number of hydrogen-bond acceptors (Lipinski definition) is 2. The molecule has 0 N–H and O–H groups in total. The van der Waals surface area contributed by atoms with Crippen molar-refractivity contribution in [1.82, 2.24) is 0 Å². The van der Waals surface area contributed by atoms with Gasteiger partial charge in [-0.1, -0.05) is 193 Å². The third-order valence-corrected chi connectivity index (χ3v) is 8.24. The predicted octanol–water partition coefficient (Wildman–Crippen LogP) is 12.9. The molecule has 0 aliphatic carbocycles. The van der Waals surface area contributed by atoms with Crippen molar-refractivity contribution >= 4 is 5.97 Å². The Hall–Kier alpha value is -1.83. The second kappa shape index (κ2) is 30.6. The van der Waals surface area contributed by atoms with Crippen LogP contribution in [0.1, 0.15) is 157 Å². The van der Waals surface area contributed by atoms with E-state index in [0.29, 0.717) is 12.5 Å². The fraction of sp³-hybridized carbons (Fsp3) is 0.725. The van der Waals surface area contributed by atoms with Gasteiger partial charge < -0.3 is 4.74 Å². The van der Waals surface area contributed by atoms with Gasteiger partial charge in [-0.3, -0.25) is 0 Å². The normalized spacial score (nSPS) is 14.8. The summed E-state index contributed by atoms with van der Waals surface area (Å²) in [7, 11) is 0. The second-order valence-electron chi connectivity index (χ2n) is 13.3. The van der Waals surface area contributed by atoms with E-state index in [9.17, 15) is 4.79 Å². The van der Waals surface area contributed by atoms with Gasteiger partial charge in [-0.15, -0.1) is 0 Å². The van der Waals surface area contributed by atoms with Crippen LogP contribution >= 0.6 is 0 Å². The monoisotopic (exact) mass is 583 g/mol. The zero-order valence-corrected chi connectivity index (χ0v) is 28.8. The maximum Gasteiger partial charge on any atom is 0.330 e. The number of unbranched alkanes of at least 4 members (excludes halogenated alkanes) is 7. The number of allylic oxidation sites excluding steroid dienone is 9. The quantitative estimate of drug-likeness (QED) is 0.0397. The Labute approximate surface area is 263 Å². The second-order valence-corrected chi connectivity index (χ2v) is 13.3. The van der Waals surface area contributed by atoms with Crippen LogP contribution in [0.25, 0.3) is 0 Å². The lowest BCUT2D eigenvalue weighted by atomic mass is 9.91. The molecule has 0 radical (unpaired) electrons. The molecule has 0 aromatic heterocycles. The molecule has 0 bridgehead atoms. The van der Waals surface area contributed by atoms with Gasteiger partial charge in [0.05, 0.1) is 6.61 Å². The lowest BCUT2D eigenvalue weighted by Crippen LogP contribution is -2.07. The van der Waals surface area contributed by atoms with E-state index < -0.39 is 0 Å². The molecular formula is C40H70O2. The highest BCUT2D eigenvalue weighted by molar-refractivity contribution is 5.82. The van der Waals surface area contributed by atoms with E-state index in [2.05, 4.69) is 59.8 Å². The van der Waals surface area contributed by atoms with E-state index in [1.54, 1.807) is 6.08 Å². The molecule has 0 aromatic carbocycles. The molecule has 3 unspecified atom stereocenters. The van der Waals surface area contributed by atoms with Crippen LogP contribution in [0.5, 0.6) is 0 Å². The van der Waals surface area contributed by atoms with Gasteiger partial charge in [-0.2, -0.15) is 0 Å². The van der Waals surface area contributed by atoms with Crippen LogP contribution in [0.3, 0.4) is 0 Å². The summed E-state index contributed by atoms with van der Waals surface area (Å²) >= 11 is 0.